The van der Waals surface area contributed by atoms with Crippen LogP contribution in [0.1, 0.15) is 11.3 Å². The SMILES string of the molecule is COC(=O)C1Cc2c([nH]c3ccccc23)C=N1.Cl. The van der Waals surface area contributed by atoms with E-state index in [1.165, 1.54) is 7.11 Å². The highest BCUT2D eigenvalue weighted by molar-refractivity contribution is 5.96. The molecule has 0 bridgehead atoms. The third-order valence-electron chi connectivity index (χ3n) is 3.10. The van der Waals surface area contributed by atoms with Crippen molar-refractivity contribution in [2.45, 2.75) is 12.5 Å². The molecule has 1 N–H and O–H groups in total. The molecule has 5 heteroatoms. The predicted octanol–water partition coefficient (Wildman–Crippen LogP) is 2.11. The van der Waals surface area contributed by atoms with Crippen molar-refractivity contribution < 1.29 is 9.53 Å². The number of benzene rings is 1. The van der Waals surface area contributed by atoms with Crippen molar-refractivity contribution in [2.24, 2.45) is 4.99 Å². The van der Waals surface area contributed by atoms with Crippen LogP contribution in [0.3, 0.4) is 0 Å². The largest absolute Gasteiger partial charge is 0.467 e. The molecule has 1 aromatic heterocycles. The maximum atomic E-state index is 11.5. The second-order valence-electron chi connectivity index (χ2n) is 4.08. The number of aromatic nitrogens is 1. The van der Waals surface area contributed by atoms with Gasteiger partial charge in [0.2, 0.25) is 0 Å². The van der Waals surface area contributed by atoms with Gasteiger partial charge in [-0.3, -0.25) is 4.99 Å². The number of H-pyrrole nitrogens is 1. The van der Waals surface area contributed by atoms with E-state index in [4.69, 9.17) is 4.74 Å². The Morgan fingerprint density at radius 3 is 3.00 bits per heavy atom. The van der Waals surface area contributed by atoms with Gasteiger partial charge in [-0.25, -0.2) is 4.79 Å². The van der Waals surface area contributed by atoms with Crippen LogP contribution in [0.4, 0.5) is 0 Å². The Morgan fingerprint density at radius 2 is 2.22 bits per heavy atom. The number of ether oxygens (including phenoxy) is 1. The number of carbonyl (C=O) groups is 1. The molecule has 2 heterocycles. The normalized spacial score (nSPS) is 17.1. The fourth-order valence-electron chi connectivity index (χ4n) is 2.24. The van der Waals surface area contributed by atoms with Crippen LogP contribution < -0.4 is 0 Å². The van der Waals surface area contributed by atoms with Crippen LogP contribution in [0.25, 0.3) is 10.9 Å². The minimum Gasteiger partial charge on any atom is -0.467 e. The van der Waals surface area contributed by atoms with E-state index in [1.807, 2.05) is 18.2 Å². The molecule has 1 aliphatic heterocycles. The van der Waals surface area contributed by atoms with Crippen molar-refractivity contribution in [2.75, 3.05) is 7.11 Å². The maximum Gasteiger partial charge on any atom is 0.330 e. The molecule has 0 saturated heterocycles. The lowest BCUT2D eigenvalue weighted by atomic mass is 10.0. The Hall–Kier alpha value is -1.81. The number of rotatable bonds is 1. The number of esters is 1. The lowest BCUT2D eigenvalue weighted by Crippen LogP contribution is -2.25. The first kappa shape index (κ1) is 12.6. The number of fused-ring (bicyclic) bond motifs is 3. The van der Waals surface area contributed by atoms with Crippen molar-refractivity contribution in [1.82, 2.24) is 4.98 Å². The lowest BCUT2D eigenvalue weighted by Gasteiger charge is -2.14. The van der Waals surface area contributed by atoms with Crippen LogP contribution >= 0.6 is 12.4 Å². The van der Waals surface area contributed by atoms with Gasteiger partial charge >= 0.3 is 5.97 Å². The van der Waals surface area contributed by atoms with Gasteiger partial charge in [-0.2, -0.15) is 0 Å². The highest BCUT2D eigenvalue weighted by Gasteiger charge is 2.25. The van der Waals surface area contributed by atoms with Gasteiger partial charge in [0.25, 0.3) is 0 Å². The number of para-hydroxylation sites is 1. The number of nitrogens with one attached hydrogen (secondary N) is 1. The number of aromatic amines is 1. The van der Waals surface area contributed by atoms with Gasteiger partial charge in [0.05, 0.1) is 12.8 Å². The Bertz CT molecular complexity index is 618. The smallest absolute Gasteiger partial charge is 0.330 e. The van der Waals surface area contributed by atoms with Crippen LogP contribution in [-0.2, 0) is 16.0 Å². The lowest BCUT2D eigenvalue weighted by molar-refractivity contribution is -0.142. The molecule has 1 aliphatic rings. The summed E-state index contributed by atoms with van der Waals surface area (Å²) in [5, 5.41) is 1.16. The Balaban J connectivity index is 0.00000120. The van der Waals surface area contributed by atoms with Crippen molar-refractivity contribution in [3.63, 3.8) is 0 Å². The first-order valence-corrected chi connectivity index (χ1v) is 5.50. The first-order valence-electron chi connectivity index (χ1n) is 5.50. The molecule has 18 heavy (non-hydrogen) atoms. The monoisotopic (exact) mass is 264 g/mol. The summed E-state index contributed by atoms with van der Waals surface area (Å²) in [4.78, 5) is 19.0. The van der Waals surface area contributed by atoms with Gasteiger partial charge in [-0.15, -0.1) is 12.4 Å². The topological polar surface area (TPSA) is 54.5 Å². The Labute approximate surface area is 110 Å². The van der Waals surface area contributed by atoms with Gasteiger partial charge in [0, 0.05) is 23.5 Å². The summed E-state index contributed by atoms with van der Waals surface area (Å²) in [5.41, 5.74) is 3.21. The van der Waals surface area contributed by atoms with Crippen LogP contribution in [0.2, 0.25) is 0 Å². The molecule has 0 fully saturated rings. The zero-order valence-electron chi connectivity index (χ0n) is 9.84. The van der Waals surface area contributed by atoms with Gasteiger partial charge in [0.1, 0.15) is 0 Å². The third-order valence-corrected chi connectivity index (χ3v) is 3.10. The number of nitrogens with zero attached hydrogens (tertiary/aromatic N) is 1. The van der Waals surface area contributed by atoms with E-state index in [0.717, 1.165) is 22.2 Å². The highest BCUT2D eigenvalue weighted by Crippen LogP contribution is 2.26. The standard InChI is InChI=1S/C13H12N2O2.ClH/c1-17-13(16)11-6-9-8-4-2-3-5-10(8)15-12(9)7-14-11;/h2-5,7,11,15H,6H2,1H3;1H. The zero-order chi connectivity index (χ0) is 11.8. The van der Waals surface area contributed by atoms with E-state index in [1.54, 1.807) is 6.21 Å². The van der Waals surface area contributed by atoms with Crippen LogP contribution in [0.15, 0.2) is 29.3 Å². The molecule has 0 radical (unpaired) electrons. The summed E-state index contributed by atoms with van der Waals surface area (Å²) in [6.07, 6.45) is 2.32. The summed E-state index contributed by atoms with van der Waals surface area (Å²) in [7, 11) is 1.39. The van der Waals surface area contributed by atoms with Gasteiger partial charge in [0.15, 0.2) is 6.04 Å². The molecule has 4 nitrogen and oxygen atoms in total. The van der Waals surface area contributed by atoms with Gasteiger partial charge in [-0.05, 0) is 11.6 Å². The van der Waals surface area contributed by atoms with Crippen molar-refractivity contribution >= 4 is 35.5 Å². The summed E-state index contributed by atoms with van der Waals surface area (Å²) in [6.45, 7) is 0. The number of aliphatic imine (C=N–C) groups is 1. The second kappa shape index (κ2) is 4.82. The first-order chi connectivity index (χ1) is 8.29. The Morgan fingerprint density at radius 1 is 1.44 bits per heavy atom. The molecule has 1 atom stereocenters. The molecular formula is C13H13ClN2O2. The van der Waals surface area contributed by atoms with Gasteiger partial charge < -0.3 is 9.72 Å². The summed E-state index contributed by atoms with van der Waals surface area (Å²) < 4.78 is 4.73. The van der Waals surface area contributed by atoms with E-state index in [-0.39, 0.29) is 18.4 Å². The molecule has 0 aliphatic carbocycles. The molecule has 2 aromatic rings. The van der Waals surface area contributed by atoms with E-state index in [2.05, 4.69) is 16.0 Å². The highest BCUT2D eigenvalue weighted by atomic mass is 35.5. The zero-order valence-corrected chi connectivity index (χ0v) is 10.7. The number of hydrogen-bond donors (Lipinski definition) is 1. The summed E-state index contributed by atoms with van der Waals surface area (Å²) in [5.74, 6) is -0.280. The molecule has 94 valence electrons. The fraction of sp³-hybridized carbons (Fsp3) is 0.231. The van der Waals surface area contributed by atoms with Crippen LogP contribution in [-0.4, -0.2) is 30.3 Å². The molecular weight excluding hydrogens is 252 g/mol. The van der Waals surface area contributed by atoms with Crippen LogP contribution in [0, 0.1) is 0 Å². The average Bonchev–Trinajstić information content (AvgIpc) is 2.75. The fourth-order valence-corrected chi connectivity index (χ4v) is 2.24. The van der Waals surface area contributed by atoms with Crippen molar-refractivity contribution in [3.05, 3.63) is 35.5 Å². The minimum atomic E-state index is -0.410. The van der Waals surface area contributed by atoms with Crippen molar-refractivity contribution in [1.29, 1.82) is 0 Å². The maximum absolute atomic E-state index is 11.5. The van der Waals surface area contributed by atoms with E-state index >= 15 is 0 Å². The average molecular weight is 265 g/mol. The molecule has 1 unspecified atom stereocenters. The molecule has 0 spiro atoms. The number of hydrogen-bond acceptors (Lipinski definition) is 3. The summed E-state index contributed by atoms with van der Waals surface area (Å²) >= 11 is 0. The Kier molecular flexibility index (Phi) is 3.39. The van der Waals surface area contributed by atoms with E-state index in [0.29, 0.717) is 6.42 Å². The minimum absolute atomic E-state index is 0. The number of methoxy groups -OCH3 is 1. The third kappa shape index (κ3) is 1.88. The van der Waals surface area contributed by atoms with E-state index in [9.17, 15) is 4.79 Å². The molecule has 0 amide bonds. The number of carbonyl (C=O) groups excluding carboxylic acids is 1. The van der Waals surface area contributed by atoms with Crippen molar-refractivity contribution in [3.8, 4) is 0 Å². The van der Waals surface area contributed by atoms with E-state index < -0.39 is 6.04 Å². The number of halogens is 1. The summed E-state index contributed by atoms with van der Waals surface area (Å²) in [6, 6.07) is 7.65. The molecule has 1 aromatic carbocycles. The molecule has 0 saturated carbocycles. The quantitative estimate of drug-likeness (QED) is 0.802. The van der Waals surface area contributed by atoms with Gasteiger partial charge in [-0.1, -0.05) is 18.2 Å². The second-order valence-corrected chi connectivity index (χ2v) is 4.08. The predicted molar refractivity (Wildman–Crippen MR) is 72.6 cm³/mol. The molecule has 3 rings (SSSR count). The van der Waals surface area contributed by atoms with Crippen LogP contribution in [0.5, 0.6) is 0 Å².